The third kappa shape index (κ3) is 27.2. The fourth-order valence-corrected chi connectivity index (χ4v) is 2.67. The van der Waals surface area contributed by atoms with Gasteiger partial charge in [0.15, 0.2) is 0 Å². The number of rotatable bonds is 25. The number of carbonyl (C=O) groups excluding carboxylic acids is 1. The SMILES string of the molecule is COCCOCCOCCOCCOCCNC(=O)CCCCCCCCOC(C)C. The Morgan fingerprint density at radius 3 is 1.68 bits per heavy atom. The molecule has 0 radical (unpaired) electrons. The van der Waals surface area contributed by atoms with Crippen LogP contribution in [0.2, 0.25) is 0 Å². The highest BCUT2D eigenvalue weighted by atomic mass is 16.6. The van der Waals surface area contributed by atoms with Gasteiger partial charge in [0.05, 0.1) is 65.6 Å². The summed E-state index contributed by atoms with van der Waals surface area (Å²) < 4.78 is 31.9. The van der Waals surface area contributed by atoms with Crippen LogP contribution in [-0.4, -0.2) is 91.7 Å². The molecule has 0 aliphatic rings. The molecule has 0 rings (SSSR count). The van der Waals surface area contributed by atoms with E-state index >= 15 is 0 Å². The minimum absolute atomic E-state index is 0.105. The lowest BCUT2D eigenvalue weighted by atomic mass is 10.1. The highest BCUT2D eigenvalue weighted by Gasteiger charge is 2.01. The van der Waals surface area contributed by atoms with Gasteiger partial charge in [-0.25, -0.2) is 0 Å². The Bertz CT molecular complexity index is 370. The van der Waals surface area contributed by atoms with Crippen molar-refractivity contribution in [2.75, 3.05) is 79.7 Å². The summed E-state index contributed by atoms with van der Waals surface area (Å²) in [4.78, 5) is 11.8. The van der Waals surface area contributed by atoms with Gasteiger partial charge in [-0.1, -0.05) is 25.7 Å². The van der Waals surface area contributed by atoms with Gasteiger partial charge in [-0.15, -0.1) is 0 Å². The van der Waals surface area contributed by atoms with Gasteiger partial charge in [0, 0.05) is 26.7 Å². The molecule has 0 aliphatic heterocycles. The summed E-state index contributed by atoms with van der Waals surface area (Å²) in [6, 6.07) is 0. The van der Waals surface area contributed by atoms with Crippen LogP contribution in [-0.2, 0) is 33.2 Å². The van der Waals surface area contributed by atoms with Crippen molar-refractivity contribution < 1.29 is 33.2 Å². The van der Waals surface area contributed by atoms with Crippen LogP contribution in [0.5, 0.6) is 0 Å². The first kappa shape index (κ1) is 30.2. The molecule has 0 saturated heterocycles. The van der Waals surface area contributed by atoms with Crippen LogP contribution in [0.15, 0.2) is 0 Å². The molecule has 0 fully saturated rings. The van der Waals surface area contributed by atoms with E-state index in [1.54, 1.807) is 7.11 Å². The van der Waals surface area contributed by atoms with E-state index in [9.17, 15) is 4.79 Å². The Labute approximate surface area is 189 Å². The second-order valence-corrected chi connectivity index (χ2v) is 7.58. The molecule has 0 heterocycles. The zero-order chi connectivity index (χ0) is 22.8. The molecule has 0 saturated carbocycles. The number of hydrogen-bond acceptors (Lipinski definition) is 7. The van der Waals surface area contributed by atoms with Crippen molar-refractivity contribution in [2.45, 2.75) is 64.9 Å². The number of hydrogen-bond donors (Lipinski definition) is 1. The highest BCUT2D eigenvalue weighted by Crippen LogP contribution is 2.07. The Kier molecular flexibility index (Phi) is 24.9. The molecule has 0 atom stereocenters. The number of nitrogens with one attached hydrogen (secondary N) is 1. The lowest BCUT2D eigenvalue weighted by molar-refractivity contribution is -0.121. The van der Waals surface area contributed by atoms with E-state index in [0.717, 1.165) is 25.9 Å². The maximum atomic E-state index is 11.8. The predicted octanol–water partition coefficient (Wildman–Crippen LogP) is 2.97. The summed E-state index contributed by atoms with van der Waals surface area (Å²) in [6.07, 6.45) is 7.71. The summed E-state index contributed by atoms with van der Waals surface area (Å²) in [6.45, 7) is 10.4. The van der Waals surface area contributed by atoms with Crippen molar-refractivity contribution >= 4 is 5.91 Å². The minimum atomic E-state index is 0.105. The topological polar surface area (TPSA) is 84.5 Å². The van der Waals surface area contributed by atoms with Crippen molar-refractivity contribution in [3.63, 3.8) is 0 Å². The van der Waals surface area contributed by atoms with Crippen molar-refractivity contribution in [1.29, 1.82) is 0 Å². The van der Waals surface area contributed by atoms with Crippen molar-refractivity contribution in [3.05, 3.63) is 0 Å². The van der Waals surface area contributed by atoms with E-state index in [1.165, 1.54) is 19.3 Å². The first-order valence-electron chi connectivity index (χ1n) is 11.8. The van der Waals surface area contributed by atoms with Crippen LogP contribution >= 0.6 is 0 Å². The third-order valence-electron chi connectivity index (χ3n) is 4.37. The lowest BCUT2D eigenvalue weighted by Crippen LogP contribution is -2.27. The van der Waals surface area contributed by atoms with Gasteiger partial charge in [0.25, 0.3) is 0 Å². The molecular weight excluding hydrogens is 402 g/mol. The average Bonchev–Trinajstić information content (AvgIpc) is 2.75. The maximum Gasteiger partial charge on any atom is 0.220 e. The molecule has 186 valence electrons. The second-order valence-electron chi connectivity index (χ2n) is 7.58. The number of carbonyl (C=O) groups is 1. The van der Waals surface area contributed by atoms with Gasteiger partial charge in [0.1, 0.15) is 0 Å². The molecule has 0 spiro atoms. The molecule has 0 unspecified atom stereocenters. The molecule has 1 amide bonds. The summed E-state index contributed by atoms with van der Waals surface area (Å²) in [7, 11) is 1.65. The van der Waals surface area contributed by atoms with Crippen LogP contribution in [0, 0.1) is 0 Å². The first-order chi connectivity index (χ1) is 15.2. The summed E-state index contributed by atoms with van der Waals surface area (Å²) in [5.41, 5.74) is 0. The molecule has 0 aromatic rings. The zero-order valence-electron chi connectivity index (χ0n) is 20.2. The average molecular weight is 450 g/mol. The summed E-state index contributed by atoms with van der Waals surface area (Å²) >= 11 is 0. The van der Waals surface area contributed by atoms with Gasteiger partial charge >= 0.3 is 0 Å². The maximum absolute atomic E-state index is 11.8. The number of unbranched alkanes of at least 4 members (excludes halogenated alkanes) is 5. The minimum Gasteiger partial charge on any atom is -0.382 e. The Morgan fingerprint density at radius 1 is 0.645 bits per heavy atom. The Morgan fingerprint density at radius 2 is 1.13 bits per heavy atom. The molecule has 1 N–H and O–H groups in total. The first-order valence-corrected chi connectivity index (χ1v) is 11.8. The molecule has 8 nitrogen and oxygen atoms in total. The van der Waals surface area contributed by atoms with Crippen LogP contribution in [0.25, 0.3) is 0 Å². The highest BCUT2D eigenvalue weighted by molar-refractivity contribution is 5.75. The van der Waals surface area contributed by atoms with Crippen LogP contribution < -0.4 is 5.32 Å². The molecule has 8 heteroatoms. The van der Waals surface area contributed by atoms with E-state index in [0.29, 0.717) is 78.5 Å². The molecule has 0 bridgehead atoms. The smallest absolute Gasteiger partial charge is 0.220 e. The van der Waals surface area contributed by atoms with Gasteiger partial charge in [-0.2, -0.15) is 0 Å². The number of methoxy groups -OCH3 is 1. The summed E-state index contributed by atoms with van der Waals surface area (Å²) in [5.74, 6) is 0.105. The fourth-order valence-electron chi connectivity index (χ4n) is 2.67. The van der Waals surface area contributed by atoms with E-state index in [2.05, 4.69) is 19.2 Å². The van der Waals surface area contributed by atoms with Crippen LogP contribution in [0.3, 0.4) is 0 Å². The lowest BCUT2D eigenvalue weighted by Gasteiger charge is -2.08. The Hall–Kier alpha value is -0.770. The summed E-state index contributed by atoms with van der Waals surface area (Å²) in [5, 5.41) is 2.89. The quantitative estimate of drug-likeness (QED) is 0.215. The molecule has 0 aromatic heterocycles. The molecular formula is C23H47NO7. The normalized spacial score (nSPS) is 11.4. The van der Waals surface area contributed by atoms with Crippen LogP contribution in [0.4, 0.5) is 0 Å². The zero-order valence-corrected chi connectivity index (χ0v) is 20.2. The Balaban J connectivity index is 3.14. The molecule has 0 aliphatic carbocycles. The van der Waals surface area contributed by atoms with Gasteiger partial charge in [-0.05, 0) is 26.7 Å². The number of amides is 1. The third-order valence-corrected chi connectivity index (χ3v) is 4.37. The van der Waals surface area contributed by atoms with Crippen molar-refractivity contribution in [3.8, 4) is 0 Å². The number of ether oxygens (including phenoxy) is 6. The largest absolute Gasteiger partial charge is 0.382 e. The van der Waals surface area contributed by atoms with E-state index in [1.807, 2.05) is 0 Å². The van der Waals surface area contributed by atoms with Crippen LogP contribution in [0.1, 0.15) is 58.8 Å². The van der Waals surface area contributed by atoms with Gasteiger partial charge in [-0.3, -0.25) is 4.79 Å². The van der Waals surface area contributed by atoms with Crippen molar-refractivity contribution in [2.24, 2.45) is 0 Å². The standard InChI is InChI=1S/C23H47NO7/c1-22(2)31-12-9-7-5-4-6-8-10-23(25)24-11-13-27-16-17-29-20-21-30-19-18-28-15-14-26-3/h22H,4-21H2,1-3H3,(H,24,25). The molecule has 0 aromatic carbocycles. The van der Waals surface area contributed by atoms with Gasteiger partial charge < -0.3 is 33.7 Å². The monoisotopic (exact) mass is 449 g/mol. The van der Waals surface area contributed by atoms with E-state index in [4.69, 9.17) is 28.4 Å². The van der Waals surface area contributed by atoms with Gasteiger partial charge in [0.2, 0.25) is 5.91 Å². The second kappa shape index (κ2) is 25.5. The van der Waals surface area contributed by atoms with E-state index in [-0.39, 0.29) is 5.91 Å². The molecule has 31 heavy (non-hydrogen) atoms. The fraction of sp³-hybridized carbons (Fsp3) is 0.957. The van der Waals surface area contributed by atoms with E-state index < -0.39 is 0 Å². The van der Waals surface area contributed by atoms with Crippen molar-refractivity contribution in [1.82, 2.24) is 5.32 Å². The predicted molar refractivity (Wildman–Crippen MR) is 122 cm³/mol.